The van der Waals surface area contributed by atoms with E-state index in [0.717, 1.165) is 15.9 Å². The summed E-state index contributed by atoms with van der Waals surface area (Å²) in [6, 6.07) is 10.4. The van der Waals surface area contributed by atoms with E-state index in [1.54, 1.807) is 12.5 Å². The second-order valence-corrected chi connectivity index (χ2v) is 5.44. The molecular weight excluding hydrogens is 306 g/mol. The molecular formula is C17H17N5O2. The Morgan fingerprint density at radius 2 is 1.92 bits per heavy atom. The van der Waals surface area contributed by atoms with Crippen molar-refractivity contribution >= 4 is 5.91 Å². The summed E-state index contributed by atoms with van der Waals surface area (Å²) in [5.41, 5.74) is 1.92. The highest BCUT2D eigenvalue weighted by Crippen LogP contribution is 2.16. The molecule has 0 saturated carbocycles. The number of aromatic nitrogens is 4. The molecule has 0 aliphatic carbocycles. The predicted molar refractivity (Wildman–Crippen MR) is 88.9 cm³/mol. The lowest BCUT2D eigenvalue weighted by Gasteiger charge is -2.15. The Morgan fingerprint density at radius 3 is 2.54 bits per heavy atom. The van der Waals surface area contributed by atoms with Crippen LogP contribution in [-0.4, -0.2) is 25.2 Å². The Morgan fingerprint density at radius 1 is 1.17 bits per heavy atom. The van der Waals surface area contributed by atoms with E-state index in [4.69, 9.17) is 0 Å². The number of carbonyl (C=O) groups is 1. The van der Waals surface area contributed by atoms with Crippen LogP contribution in [0.4, 0.5) is 0 Å². The summed E-state index contributed by atoms with van der Waals surface area (Å²) < 4.78 is 3.04. The Labute approximate surface area is 138 Å². The van der Waals surface area contributed by atoms with Gasteiger partial charge in [-0.3, -0.25) is 9.59 Å². The SMILES string of the molecule is C[C@H](NC(=O)c1ccc(=O)n(C)n1)c1ccc(-n2ccnc2)cc1. The maximum Gasteiger partial charge on any atom is 0.272 e. The molecule has 122 valence electrons. The first kappa shape index (κ1) is 15.7. The van der Waals surface area contributed by atoms with E-state index in [2.05, 4.69) is 15.4 Å². The van der Waals surface area contributed by atoms with Gasteiger partial charge in [0.1, 0.15) is 5.69 Å². The number of aryl methyl sites for hydroxylation is 1. The zero-order valence-electron chi connectivity index (χ0n) is 13.4. The molecule has 1 atom stereocenters. The summed E-state index contributed by atoms with van der Waals surface area (Å²) >= 11 is 0. The van der Waals surface area contributed by atoms with E-state index in [9.17, 15) is 9.59 Å². The van der Waals surface area contributed by atoms with Gasteiger partial charge in [0, 0.05) is 31.2 Å². The van der Waals surface area contributed by atoms with Gasteiger partial charge in [0.15, 0.2) is 0 Å². The summed E-state index contributed by atoms with van der Waals surface area (Å²) in [5.74, 6) is -0.322. The minimum atomic E-state index is -0.322. The molecule has 24 heavy (non-hydrogen) atoms. The lowest BCUT2D eigenvalue weighted by atomic mass is 10.1. The molecule has 3 aromatic rings. The van der Waals surface area contributed by atoms with Gasteiger partial charge in [0.05, 0.1) is 12.4 Å². The first-order valence-corrected chi connectivity index (χ1v) is 7.48. The first-order valence-electron chi connectivity index (χ1n) is 7.48. The van der Waals surface area contributed by atoms with Gasteiger partial charge >= 0.3 is 0 Å². The van der Waals surface area contributed by atoms with E-state index in [-0.39, 0.29) is 23.2 Å². The molecule has 2 aromatic heterocycles. The molecule has 0 spiro atoms. The lowest BCUT2D eigenvalue weighted by molar-refractivity contribution is 0.0932. The van der Waals surface area contributed by atoms with Gasteiger partial charge in [-0.1, -0.05) is 12.1 Å². The lowest BCUT2D eigenvalue weighted by Crippen LogP contribution is -2.30. The van der Waals surface area contributed by atoms with Crippen LogP contribution in [0.25, 0.3) is 5.69 Å². The van der Waals surface area contributed by atoms with Crippen molar-refractivity contribution in [1.29, 1.82) is 0 Å². The molecule has 0 aliphatic heterocycles. The third-order valence-electron chi connectivity index (χ3n) is 3.74. The molecule has 7 nitrogen and oxygen atoms in total. The van der Waals surface area contributed by atoms with Gasteiger partial charge in [-0.2, -0.15) is 5.10 Å². The highest BCUT2D eigenvalue weighted by Gasteiger charge is 2.13. The zero-order chi connectivity index (χ0) is 17.1. The van der Waals surface area contributed by atoms with Crippen LogP contribution in [0.2, 0.25) is 0 Å². The summed E-state index contributed by atoms with van der Waals surface area (Å²) in [7, 11) is 1.51. The molecule has 1 amide bonds. The minimum Gasteiger partial charge on any atom is -0.344 e. The van der Waals surface area contributed by atoms with Crippen LogP contribution < -0.4 is 10.9 Å². The average Bonchev–Trinajstić information content (AvgIpc) is 3.12. The fraction of sp³-hybridized carbons (Fsp3) is 0.176. The number of hydrogen-bond acceptors (Lipinski definition) is 4. The van der Waals surface area contributed by atoms with Crippen LogP contribution in [0.1, 0.15) is 29.0 Å². The van der Waals surface area contributed by atoms with Crippen molar-refractivity contribution in [1.82, 2.24) is 24.6 Å². The molecule has 3 rings (SSSR count). The van der Waals surface area contributed by atoms with Crippen molar-refractivity contribution in [2.24, 2.45) is 7.05 Å². The monoisotopic (exact) mass is 323 g/mol. The molecule has 7 heteroatoms. The smallest absolute Gasteiger partial charge is 0.272 e. The topological polar surface area (TPSA) is 81.8 Å². The predicted octanol–water partition coefficient (Wildman–Crippen LogP) is 1.46. The molecule has 1 aromatic carbocycles. The number of benzene rings is 1. The van der Waals surface area contributed by atoms with Crippen molar-refractivity contribution in [3.63, 3.8) is 0 Å². The van der Waals surface area contributed by atoms with Gasteiger partial charge in [0.2, 0.25) is 0 Å². The molecule has 0 radical (unpaired) electrons. The Hall–Kier alpha value is -3.22. The molecule has 0 unspecified atom stereocenters. The summed E-state index contributed by atoms with van der Waals surface area (Å²) in [4.78, 5) is 27.6. The quantitative estimate of drug-likeness (QED) is 0.788. The van der Waals surface area contributed by atoms with Gasteiger partial charge in [0.25, 0.3) is 11.5 Å². The van der Waals surface area contributed by atoms with Crippen LogP contribution >= 0.6 is 0 Å². The van der Waals surface area contributed by atoms with Crippen molar-refractivity contribution in [2.45, 2.75) is 13.0 Å². The number of rotatable bonds is 4. The second-order valence-electron chi connectivity index (χ2n) is 5.44. The Bertz CT molecular complexity index is 897. The molecule has 2 heterocycles. The third kappa shape index (κ3) is 3.24. The maximum atomic E-state index is 12.2. The van der Waals surface area contributed by atoms with Crippen molar-refractivity contribution < 1.29 is 4.79 Å². The number of nitrogens with zero attached hydrogens (tertiary/aromatic N) is 4. The van der Waals surface area contributed by atoms with Gasteiger partial charge < -0.3 is 9.88 Å². The number of imidazole rings is 1. The van der Waals surface area contributed by atoms with Gasteiger partial charge in [-0.05, 0) is 30.7 Å². The molecule has 0 bridgehead atoms. The highest BCUT2D eigenvalue weighted by atomic mass is 16.2. The minimum absolute atomic E-state index is 0.187. The van der Waals surface area contributed by atoms with Crippen LogP contribution in [-0.2, 0) is 7.05 Å². The van der Waals surface area contributed by atoms with Crippen LogP contribution in [0.5, 0.6) is 0 Å². The van der Waals surface area contributed by atoms with Crippen molar-refractivity contribution in [3.8, 4) is 5.69 Å². The number of nitrogens with one attached hydrogen (secondary N) is 1. The van der Waals surface area contributed by atoms with Crippen LogP contribution in [0.15, 0.2) is 59.9 Å². The van der Waals surface area contributed by atoms with Gasteiger partial charge in [-0.25, -0.2) is 9.67 Å². The standard InChI is InChI=1S/C17H17N5O2/c1-12(19-17(24)15-7-8-16(23)21(2)20-15)13-3-5-14(6-4-13)22-10-9-18-11-22/h3-12H,1-2H3,(H,19,24)/t12-/m0/s1. The Balaban J connectivity index is 1.72. The fourth-order valence-corrected chi connectivity index (χ4v) is 2.32. The third-order valence-corrected chi connectivity index (χ3v) is 3.74. The fourth-order valence-electron chi connectivity index (χ4n) is 2.32. The van der Waals surface area contributed by atoms with E-state index >= 15 is 0 Å². The molecule has 0 aliphatic rings. The highest BCUT2D eigenvalue weighted by molar-refractivity contribution is 5.92. The number of hydrogen-bond donors (Lipinski definition) is 1. The summed E-state index contributed by atoms with van der Waals surface area (Å²) in [6.07, 6.45) is 5.31. The van der Waals surface area contributed by atoms with Gasteiger partial charge in [-0.15, -0.1) is 0 Å². The summed E-state index contributed by atoms with van der Waals surface area (Å²) in [5, 5.41) is 6.83. The van der Waals surface area contributed by atoms with E-state index in [0.29, 0.717) is 0 Å². The maximum absolute atomic E-state index is 12.2. The zero-order valence-corrected chi connectivity index (χ0v) is 13.4. The van der Waals surface area contributed by atoms with Crippen LogP contribution in [0.3, 0.4) is 0 Å². The van der Waals surface area contributed by atoms with Crippen molar-refractivity contribution in [3.05, 3.63) is 76.7 Å². The van der Waals surface area contributed by atoms with Crippen LogP contribution in [0, 0.1) is 0 Å². The average molecular weight is 323 g/mol. The van der Waals surface area contributed by atoms with E-state index in [1.165, 1.54) is 19.2 Å². The molecule has 0 fully saturated rings. The molecule has 1 N–H and O–H groups in total. The second kappa shape index (κ2) is 6.49. The number of carbonyl (C=O) groups excluding carboxylic acids is 1. The Kier molecular flexibility index (Phi) is 4.24. The van der Waals surface area contributed by atoms with E-state index in [1.807, 2.05) is 42.0 Å². The normalized spacial score (nSPS) is 11.9. The first-order chi connectivity index (χ1) is 11.5. The van der Waals surface area contributed by atoms with E-state index < -0.39 is 0 Å². The number of amides is 1. The molecule has 0 saturated heterocycles. The summed E-state index contributed by atoms with van der Waals surface area (Å²) in [6.45, 7) is 1.89. The van der Waals surface area contributed by atoms with Crippen molar-refractivity contribution in [2.75, 3.05) is 0 Å². The largest absolute Gasteiger partial charge is 0.344 e.